The first kappa shape index (κ1) is 17.7. The van der Waals surface area contributed by atoms with Gasteiger partial charge in [-0.25, -0.2) is 0 Å². The lowest BCUT2D eigenvalue weighted by Gasteiger charge is -2.25. The van der Waals surface area contributed by atoms with Crippen molar-refractivity contribution in [2.75, 3.05) is 6.54 Å². The molecule has 1 fully saturated rings. The van der Waals surface area contributed by atoms with Crippen molar-refractivity contribution in [2.24, 2.45) is 0 Å². The summed E-state index contributed by atoms with van der Waals surface area (Å²) in [5.74, 6) is 0.778. The Balaban J connectivity index is 1.60. The summed E-state index contributed by atoms with van der Waals surface area (Å²) in [6.07, 6.45) is 2.02. The van der Waals surface area contributed by atoms with E-state index in [0.717, 1.165) is 30.5 Å². The fraction of sp³-hybridized carbons (Fsp3) is 0.286. The lowest BCUT2D eigenvalue weighted by atomic mass is 10.0. The molecule has 1 aromatic heterocycles. The van der Waals surface area contributed by atoms with Crippen LogP contribution < -0.4 is 0 Å². The molecule has 1 aliphatic heterocycles. The largest absolute Gasteiger partial charge is 0.334 e. The Morgan fingerprint density at radius 3 is 2.81 bits per heavy atom. The Kier molecular flexibility index (Phi) is 4.90. The van der Waals surface area contributed by atoms with Crippen molar-refractivity contribution >= 4 is 18.1 Å². The zero-order valence-corrected chi connectivity index (χ0v) is 16.1. The molecule has 1 saturated heterocycles. The third-order valence-electron chi connectivity index (χ3n) is 5.09. The molecule has 0 radical (unpaired) electrons. The number of carbonyl (C=O) groups excluding carboxylic acids is 1. The number of aromatic amines is 1. The Labute approximate surface area is 163 Å². The summed E-state index contributed by atoms with van der Waals surface area (Å²) in [6.45, 7) is 3.01. The maximum Gasteiger partial charge on any atom is 0.243 e. The van der Waals surface area contributed by atoms with E-state index in [-0.39, 0.29) is 18.5 Å². The van der Waals surface area contributed by atoms with Gasteiger partial charge < -0.3 is 4.90 Å². The maximum absolute atomic E-state index is 13.1. The van der Waals surface area contributed by atoms with Gasteiger partial charge in [-0.05, 0) is 43.6 Å². The van der Waals surface area contributed by atoms with Gasteiger partial charge in [0, 0.05) is 12.1 Å². The highest BCUT2D eigenvalue weighted by Gasteiger charge is 2.30. The monoisotopic (exact) mass is 378 g/mol. The van der Waals surface area contributed by atoms with Crippen molar-refractivity contribution in [3.8, 4) is 11.4 Å². The lowest BCUT2D eigenvalue weighted by Crippen LogP contribution is -2.33. The lowest BCUT2D eigenvalue weighted by molar-refractivity contribution is -0.132. The molecule has 3 aromatic rings. The first-order valence-electron chi connectivity index (χ1n) is 9.20. The van der Waals surface area contributed by atoms with Crippen molar-refractivity contribution < 1.29 is 4.79 Å². The minimum absolute atomic E-state index is 0.0766. The Hall–Kier alpha value is -2.73. The number of hydrogen-bond donors (Lipinski definition) is 1. The number of carbonyl (C=O) groups is 1. The minimum atomic E-state index is 0.0766. The minimum Gasteiger partial charge on any atom is -0.334 e. The zero-order chi connectivity index (χ0) is 18.8. The van der Waals surface area contributed by atoms with Crippen LogP contribution in [0.1, 0.15) is 30.0 Å². The Morgan fingerprint density at radius 2 is 2.04 bits per heavy atom. The molecule has 5 nitrogen and oxygen atoms in total. The van der Waals surface area contributed by atoms with Crippen LogP contribution in [0.5, 0.6) is 0 Å². The van der Waals surface area contributed by atoms with Crippen molar-refractivity contribution in [3.05, 3.63) is 70.5 Å². The number of amides is 1. The molecule has 138 valence electrons. The first-order chi connectivity index (χ1) is 13.1. The second kappa shape index (κ2) is 7.48. The maximum atomic E-state index is 13.1. The highest BCUT2D eigenvalue weighted by atomic mass is 32.1. The van der Waals surface area contributed by atoms with Crippen molar-refractivity contribution in [2.45, 2.75) is 32.4 Å². The van der Waals surface area contributed by atoms with Gasteiger partial charge in [0.05, 0.1) is 6.04 Å². The molecule has 2 heterocycles. The van der Waals surface area contributed by atoms with Gasteiger partial charge >= 0.3 is 0 Å². The fourth-order valence-electron chi connectivity index (χ4n) is 3.78. The molecule has 0 aliphatic carbocycles. The van der Waals surface area contributed by atoms with Gasteiger partial charge in [-0.15, -0.1) is 0 Å². The summed E-state index contributed by atoms with van der Waals surface area (Å²) in [7, 11) is 0. The van der Waals surface area contributed by atoms with Gasteiger partial charge in [0.15, 0.2) is 10.6 Å². The second-order valence-corrected chi connectivity index (χ2v) is 7.35. The number of nitrogens with one attached hydrogen (secondary N) is 1. The molecule has 1 amide bonds. The van der Waals surface area contributed by atoms with E-state index in [1.54, 1.807) is 4.57 Å². The Morgan fingerprint density at radius 1 is 1.22 bits per heavy atom. The number of rotatable bonds is 4. The van der Waals surface area contributed by atoms with Crippen LogP contribution in [0.15, 0.2) is 54.6 Å². The van der Waals surface area contributed by atoms with Crippen LogP contribution in [0, 0.1) is 11.7 Å². The van der Waals surface area contributed by atoms with Crippen molar-refractivity contribution in [3.63, 3.8) is 0 Å². The summed E-state index contributed by atoms with van der Waals surface area (Å²) in [5.41, 5.74) is 3.29. The predicted molar refractivity (Wildman–Crippen MR) is 108 cm³/mol. The summed E-state index contributed by atoms with van der Waals surface area (Å²) in [6, 6.07) is 18.4. The molecular formula is C21H22N4OS. The molecule has 0 spiro atoms. The third kappa shape index (κ3) is 3.57. The average molecular weight is 379 g/mol. The van der Waals surface area contributed by atoms with Crippen LogP contribution in [-0.4, -0.2) is 32.1 Å². The fourth-order valence-corrected chi connectivity index (χ4v) is 3.98. The normalized spacial score (nSPS) is 16.6. The number of benzene rings is 2. The van der Waals surface area contributed by atoms with Crippen LogP contribution >= 0.6 is 12.2 Å². The smallest absolute Gasteiger partial charge is 0.243 e. The van der Waals surface area contributed by atoms with Gasteiger partial charge in [0.1, 0.15) is 6.54 Å². The average Bonchev–Trinajstić information content (AvgIpc) is 3.30. The summed E-state index contributed by atoms with van der Waals surface area (Å²) < 4.78 is 2.27. The van der Waals surface area contributed by atoms with E-state index in [0.29, 0.717) is 10.6 Å². The highest BCUT2D eigenvalue weighted by molar-refractivity contribution is 7.71. The van der Waals surface area contributed by atoms with E-state index in [2.05, 4.69) is 28.4 Å². The molecule has 0 unspecified atom stereocenters. The summed E-state index contributed by atoms with van der Waals surface area (Å²) in [4.78, 5) is 15.1. The van der Waals surface area contributed by atoms with Crippen LogP contribution in [0.2, 0.25) is 0 Å². The van der Waals surface area contributed by atoms with Crippen LogP contribution in [0.4, 0.5) is 0 Å². The Bertz CT molecular complexity index is 1010. The third-order valence-corrected chi connectivity index (χ3v) is 5.40. The molecule has 0 saturated carbocycles. The van der Waals surface area contributed by atoms with Gasteiger partial charge in [0.2, 0.25) is 5.91 Å². The molecule has 27 heavy (non-hydrogen) atoms. The number of likely N-dealkylation sites (tertiary alicyclic amines) is 1. The molecule has 1 aliphatic rings. The zero-order valence-electron chi connectivity index (χ0n) is 15.3. The molecular weight excluding hydrogens is 356 g/mol. The van der Waals surface area contributed by atoms with E-state index in [1.807, 2.05) is 48.2 Å². The van der Waals surface area contributed by atoms with Crippen LogP contribution in [0.25, 0.3) is 11.4 Å². The van der Waals surface area contributed by atoms with E-state index in [9.17, 15) is 4.79 Å². The molecule has 1 N–H and O–H groups in total. The number of hydrogen-bond acceptors (Lipinski definition) is 3. The number of nitrogens with zero attached hydrogens (tertiary/aromatic N) is 3. The van der Waals surface area contributed by atoms with Gasteiger partial charge in [-0.1, -0.05) is 54.1 Å². The molecule has 4 rings (SSSR count). The number of aromatic nitrogens is 3. The van der Waals surface area contributed by atoms with Crippen LogP contribution in [0.3, 0.4) is 0 Å². The summed E-state index contributed by atoms with van der Waals surface area (Å²) >= 11 is 5.40. The quantitative estimate of drug-likeness (QED) is 0.690. The van der Waals surface area contributed by atoms with Gasteiger partial charge in [0.25, 0.3) is 0 Å². The predicted octanol–water partition coefficient (Wildman–Crippen LogP) is 4.28. The van der Waals surface area contributed by atoms with Gasteiger partial charge in [-0.2, -0.15) is 5.10 Å². The topological polar surface area (TPSA) is 53.9 Å². The highest BCUT2D eigenvalue weighted by Crippen LogP contribution is 2.32. The second-order valence-electron chi connectivity index (χ2n) is 6.96. The molecule has 0 bridgehead atoms. The summed E-state index contributed by atoms with van der Waals surface area (Å²) in [5, 5.41) is 7.20. The van der Waals surface area contributed by atoms with Crippen LogP contribution in [-0.2, 0) is 11.3 Å². The molecule has 2 aromatic carbocycles. The SMILES string of the molecule is Cc1cccc(-c2n[nH]c(=S)n2CC(=O)N2CCC[C@@H]2c2ccccc2)c1. The standard InChI is InChI=1S/C21H22N4OS/c1-15-7-5-10-17(13-15)20-22-23-21(27)25(20)14-19(26)24-12-6-11-18(24)16-8-3-2-4-9-16/h2-5,7-10,13,18H,6,11-12,14H2,1H3,(H,23,27)/t18-/m1/s1. The number of aryl methyl sites for hydroxylation is 1. The van der Waals surface area contributed by atoms with Gasteiger partial charge in [-0.3, -0.25) is 14.5 Å². The van der Waals surface area contributed by atoms with Crippen molar-refractivity contribution in [1.29, 1.82) is 0 Å². The molecule has 1 atom stereocenters. The van der Waals surface area contributed by atoms with E-state index >= 15 is 0 Å². The van der Waals surface area contributed by atoms with Crippen molar-refractivity contribution in [1.82, 2.24) is 19.7 Å². The molecule has 6 heteroatoms. The van der Waals surface area contributed by atoms with E-state index < -0.39 is 0 Å². The van der Waals surface area contributed by atoms with E-state index in [4.69, 9.17) is 12.2 Å². The first-order valence-corrected chi connectivity index (χ1v) is 9.61. The van der Waals surface area contributed by atoms with E-state index in [1.165, 1.54) is 5.56 Å². The number of H-pyrrole nitrogens is 1.